The third-order valence-corrected chi connectivity index (χ3v) is 4.21. The summed E-state index contributed by atoms with van der Waals surface area (Å²) in [5, 5.41) is 3.48. The monoisotopic (exact) mass is 311 g/mol. The predicted octanol–water partition coefficient (Wildman–Crippen LogP) is 4.04. The molecule has 1 N–H and O–H groups in total. The van der Waals surface area contributed by atoms with Crippen molar-refractivity contribution in [3.05, 3.63) is 16.5 Å². The number of nitrogens with zero attached hydrogens (tertiary/aromatic N) is 2. The van der Waals surface area contributed by atoms with Gasteiger partial charge in [0.15, 0.2) is 0 Å². The molecule has 100 valence electrons. The summed E-state index contributed by atoms with van der Waals surface area (Å²) in [5.41, 5.74) is 0. The Kier molecular flexibility index (Phi) is 4.98. The fourth-order valence-corrected chi connectivity index (χ4v) is 3.07. The van der Waals surface area contributed by atoms with Crippen molar-refractivity contribution in [2.75, 3.05) is 11.9 Å². The van der Waals surface area contributed by atoms with Gasteiger partial charge in [0.1, 0.15) is 16.2 Å². The van der Waals surface area contributed by atoms with Crippen molar-refractivity contribution in [2.24, 2.45) is 11.8 Å². The topological polar surface area (TPSA) is 37.8 Å². The standard InChI is InChI=1S/C14H22BrN3/c1-3-5-13-17-12(15)8-14(18-13)16-9-11-7-4-6-10(11)2/h8,10-11H,3-7,9H2,1-2H3,(H,16,17,18). The van der Waals surface area contributed by atoms with Crippen LogP contribution in [-0.4, -0.2) is 16.5 Å². The summed E-state index contributed by atoms with van der Waals surface area (Å²) in [7, 11) is 0. The van der Waals surface area contributed by atoms with Gasteiger partial charge in [-0.3, -0.25) is 0 Å². The third-order valence-electron chi connectivity index (χ3n) is 3.80. The Balaban J connectivity index is 1.95. The highest BCUT2D eigenvalue weighted by Gasteiger charge is 2.22. The number of halogens is 1. The molecular weight excluding hydrogens is 290 g/mol. The lowest BCUT2D eigenvalue weighted by Crippen LogP contribution is -2.17. The van der Waals surface area contributed by atoms with Crippen LogP contribution in [0.1, 0.15) is 45.4 Å². The lowest BCUT2D eigenvalue weighted by molar-refractivity contribution is 0.439. The van der Waals surface area contributed by atoms with Crippen LogP contribution in [0.4, 0.5) is 5.82 Å². The van der Waals surface area contributed by atoms with Crippen LogP contribution in [0, 0.1) is 11.8 Å². The highest BCUT2D eigenvalue weighted by molar-refractivity contribution is 9.10. The van der Waals surface area contributed by atoms with E-state index < -0.39 is 0 Å². The molecule has 1 aromatic heterocycles. The molecule has 1 aliphatic rings. The van der Waals surface area contributed by atoms with E-state index in [1.54, 1.807) is 0 Å². The number of hydrogen-bond donors (Lipinski definition) is 1. The van der Waals surface area contributed by atoms with Gasteiger partial charge in [-0.1, -0.05) is 26.7 Å². The second-order valence-electron chi connectivity index (χ2n) is 5.29. The zero-order valence-corrected chi connectivity index (χ0v) is 12.8. The summed E-state index contributed by atoms with van der Waals surface area (Å²) >= 11 is 3.46. The Bertz CT molecular complexity index is 395. The van der Waals surface area contributed by atoms with Gasteiger partial charge in [0, 0.05) is 19.0 Å². The molecule has 2 unspecified atom stereocenters. The maximum absolute atomic E-state index is 4.56. The maximum atomic E-state index is 4.56. The summed E-state index contributed by atoms with van der Waals surface area (Å²) in [5.74, 6) is 3.53. The molecule has 18 heavy (non-hydrogen) atoms. The zero-order chi connectivity index (χ0) is 13.0. The molecule has 2 atom stereocenters. The van der Waals surface area contributed by atoms with Crippen molar-refractivity contribution in [1.82, 2.24) is 9.97 Å². The first-order chi connectivity index (χ1) is 8.69. The van der Waals surface area contributed by atoms with Gasteiger partial charge >= 0.3 is 0 Å². The van der Waals surface area contributed by atoms with Gasteiger partial charge in [-0.25, -0.2) is 9.97 Å². The van der Waals surface area contributed by atoms with E-state index in [4.69, 9.17) is 0 Å². The molecule has 4 heteroatoms. The molecule has 0 amide bonds. The third kappa shape index (κ3) is 3.67. The van der Waals surface area contributed by atoms with Crippen LogP contribution in [0.5, 0.6) is 0 Å². The molecule has 0 saturated heterocycles. The van der Waals surface area contributed by atoms with Crippen LogP contribution in [0.25, 0.3) is 0 Å². The second kappa shape index (κ2) is 6.50. The lowest BCUT2D eigenvalue weighted by atomic mass is 9.98. The Labute approximate surface area is 118 Å². The van der Waals surface area contributed by atoms with Gasteiger partial charge in [-0.15, -0.1) is 0 Å². The molecule has 1 aromatic rings. The fraction of sp³-hybridized carbons (Fsp3) is 0.714. The van der Waals surface area contributed by atoms with Crippen molar-refractivity contribution >= 4 is 21.7 Å². The summed E-state index contributed by atoms with van der Waals surface area (Å²) in [6.45, 7) is 5.55. The van der Waals surface area contributed by atoms with Crippen molar-refractivity contribution in [1.29, 1.82) is 0 Å². The Morgan fingerprint density at radius 3 is 2.89 bits per heavy atom. The molecular formula is C14H22BrN3. The number of nitrogens with one attached hydrogen (secondary N) is 1. The molecule has 0 bridgehead atoms. The van der Waals surface area contributed by atoms with E-state index in [0.717, 1.165) is 47.5 Å². The smallest absolute Gasteiger partial charge is 0.132 e. The average Bonchev–Trinajstić information content (AvgIpc) is 2.72. The van der Waals surface area contributed by atoms with E-state index >= 15 is 0 Å². The van der Waals surface area contributed by atoms with Crippen molar-refractivity contribution in [3.63, 3.8) is 0 Å². The molecule has 3 nitrogen and oxygen atoms in total. The van der Waals surface area contributed by atoms with Gasteiger partial charge in [0.05, 0.1) is 0 Å². The van der Waals surface area contributed by atoms with E-state index in [9.17, 15) is 0 Å². The number of aromatic nitrogens is 2. The largest absolute Gasteiger partial charge is 0.370 e. The van der Waals surface area contributed by atoms with Crippen LogP contribution in [0.2, 0.25) is 0 Å². The predicted molar refractivity (Wildman–Crippen MR) is 78.7 cm³/mol. The number of aryl methyl sites for hydroxylation is 1. The summed E-state index contributed by atoms with van der Waals surface area (Å²) in [4.78, 5) is 8.94. The molecule has 1 fully saturated rings. The first-order valence-electron chi connectivity index (χ1n) is 6.96. The summed E-state index contributed by atoms with van der Waals surface area (Å²) in [6.07, 6.45) is 6.12. The fourth-order valence-electron chi connectivity index (χ4n) is 2.65. The second-order valence-corrected chi connectivity index (χ2v) is 6.10. The van der Waals surface area contributed by atoms with E-state index in [0.29, 0.717) is 0 Å². The minimum absolute atomic E-state index is 0.799. The molecule has 2 rings (SSSR count). The molecule has 0 spiro atoms. The van der Waals surface area contributed by atoms with E-state index in [2.05, 4.69) is 45.1 Å². The van der Waals surface area contributed by atoms with Crippen molar-refractivity contribution in [2.45, 2.75) is 46.0 Å². The Hall–Kier alpha value is -0.640. The minimum atomic E-state index is 0.799. The van der Waals surface area contributed by atoms with E-state index in [-0.39, 0.29) is 0 Å². The number of rotatable bonds is 5. The van der Waals surface area contributed by atoms with Crippen LogP contribution in [-0.2, 0) is 6.42 Å². The molecule has 0 radical (unpaired) electrons. The van der Waals surface area contributed by atoms with Crippen LogP contribution >= 0.6 is 15.9 Å². The van der Waals surface area contributed by atoms with Gasteiger partial charge in [-0.2, -0.15) is 0 Å². The molecule has 1 aliphatic carbocycles. The number of hydrogen-bond acceptors (Lipinski definition) is 3. The Morgan fingerprint density at radius 1 is 1.39 bits per heavy atom. The highest BCUT2D eigenvalue weighted by atomic mass is 79.9. The molecule has 1 heterocycles. The number of anilines is 1. The van der Waals surface area contributed by atoms with Crippen molar-refractivity contribution in [3.8, 4) is 0 Å². The first kappa shape index (κ1) is 13.8. The zero-order valence-electron chi connectivity index (χ0n) is 11.2. The van der Waals surface area contributed by atoms with Crippen molar-refractivity contribution < 1.29 is 0 Å². The van der Waals surface area contributed by atoms with E-state index in [1.165, 1.54) is 19.3 Å². The SMILES string of the molecule is CCCc1nc(Br)cc(NCC2CCCC2C)n1. The van der Waals surface area contributed by atoms with Gasteiger partial charge in [-0.05, 0) is 40.6 Å². The van der Waals surface area contributed by atoms with Crippen LogP contribution in [0.3, 0.4) is 0 Å². The van der Waals surface area contributed by atoms with Gasteiger partial charge in [0.25, 0.3) is 0 Å². The summed E-state index contributed by atoms with van der Waals surface area (Å²) < 4.78 is 0.878. The van der Waals surface area contributed by atoms with Gasteiger partial charge < -0.3 is 5.32 Å². The average molecular weight is 312 g/mol. The lowest BCUT2D eigenvalue weighted by Gasteiger charge is -2.16. The quantitative estimate of drug-likeness (QED) is 0.834. The molecule has 0 aromatic carbocycles. The Morgan fingerprint density at radius 2 is 2.22 bits per heavy atom. The van der Waals surface area contributed by atoms with Crippen LogP contribution < -0.4 is 5.32 Å². The first-order valence-corrected chi connectivity index (χ1v) is 7.75. The molecule has 0 aliphatic heterocycles. The minimum Gasteiger partial charge on any atom is -0.370 e. The summed E-state index contributed by atoms with van der Waals surface area (Å²) in [6, 6.07) is 1.97. The van der Waals surface area contributed by atoms with Crippen LogP contribution in [0.15, 0.2) is 10.7 Å². The normalized spacial score (nSPS) is 23.3. The van der Waals surface area contributed by atoms with E-state index in [1.807, 2.05) is 6.07 Å². The van der Waals surface area contributed by atoms with Gasteiger partial charge in [0.2, 0.25) is 0 Å². The highest BCUT2D eigenvalue weighted by Crippen LogP contribution is 2.31. The molecule has 1 saturated carbocycles. The maximum Gasteiger partial charge on any atom is 0.132 e.